The van der Waals surface area contributed by atoms with Crippen LogP contribution in [0.25, 0.3) is 16.7 Å². The third-order valence-electron chi connectivity index (χ3n) is 7.97. The molecule has 1 aliphatic rings. The van der Waals surface area contributed by atoms with E-state index in [0.717, 1.165) is 59.3 Å². The minimum Gasteiger partial charge on any atom is -0.493 e. The number of fused-ring (bicyclic) bond motifs is 1. The van der Waals surface area contributed by atoms with E-state index < -0.39 is 0 Å². The first-order chi connectivity index (χ1) is 19.5. The summed E-state index contributed by atoms with van der Waals surface area (Å²) in [4.78, 5) is 18.3. The molecular weight excluding hydrogens is 506 g/mol. The van der Waals surface area contributed by atoms with Gasteiger partial charge in [0, 0.05) is 24.7 Å². The maximum Gasteiger partial charge on any atom is 0.326 e. The molecule has 1 saturated heterocycles. The molecule has 206 valence electrons. The predicted molar refractivity (Wildman–Crippen MR) is 152 cm³/mol. The molecule has 5 aromatic rings. The van der Waals surface area contributed by atoms with Gasteiger partial charge in [-0.15, -0.1) is 5.10 Å². The number of nitrogens with one attached hydrogen (secondary N) is 1. The van der Waals surface area contributed by atoms with Crippen LogP contribution in [0.15, 0.2) is 65.5 Å². The Kier molecular flexibility index (Phi) is 6.85. The number of aromatic amines is 1. The quantitative estimate of drug-likeness (QED) is 0.328. The van der Waals surface area contributed by atoms with Crippen molar-refractivity contribution >= 4 is 11.0 Å². The first-order valence-electron chi connectivity index (χ1n) is 13.5. The third kappa shape index (κ3) is 4.34. The minimum atomic E-state index is -0.306. The monoisotopic (exact) mass is 539 g/mol. The average molecular weight is 540 g/mol. The lowest BCUT2D eigenvalue weighted by atomic mass is 9.97. The Bertz CT molecular complexity index is 1690. The summed E-state index contributed by atoms with van der Waals surface area (Å²) in [6, 6.07) is 19.7. The Hall–Kier alpha value is -4.44. The van der Waals surface area contributed by atoms with Crippen molar-refractivity contribution in [1.29, 1.82) is 0 Å². The maximum atomic E-state index is 12.9. The first kappa shape index (κ1) is 25.8. The number of methoxy groups -OCH3 is 2. The van der Waals surface area contributed by atoms with E-state index in [0.29, 0.717) is 17.3 Å². The third-order valence-corrected chi connectivity index (χ3v) is 7.97. The molecule has 10 nitrogen and oxygen atoms in total. The Morgan fingerprint density at radius 2 is 1.65 bits per heavy atom. The van der Waals surface area contributed by atoms with E-state index in [2.05, 4.69) is 51.4 Å². The van der Waals surface area contributed by atoms with E-state index in [9.17, 15) is 4.79 Å². The zero-order valence-corrected chi connectivity index (χ0v) is 23.2. The molecule has 40 heavy (non-hydrogen) atoms. The summed E-state index contributed by atoms with van der Waals surface area (Å²) >= 11 is 0. The SMILES string of the molecule is COc1cccc(C(c2nnnn2-c2c(C)cccc2C)N2CCC(n3c(=O)[nH]c4ccccc43)CC2)c1OC. The molecule has 0 saturated carbocycles. The van der Waals surface area contributed by atoms with Crippen LogP contribution < -0.4 is 15.2 Å². The smallest absolute Gasteiger partial charge is 0.326 e. The summed E-state index contributed by atoms with van der Waals surface area (Å²) in [5.41, 5.74) is 5.80. The van der Waals surface area contributed by atoms with Gasteiger partial charge in [0.05, 0.1) is 30.9 Å². The molecular formula is C30H33N7O3. The van der Waals surface area contributed by atoms with Crippen molar-refractivity contribution in [3.8, 4) is 17.2 Å². The zero-order chi connectivity index (χ0) is 27.8. The molecule has 1 N–H and O–H groups in total. The largest absolute Gasteiger partial charge is 0.493 e. The van der Waals surface area contributed by atoms with Crippen LogP contribution in [0, 0.1) is 13.8 Å². The lowest BCUT2D eigenvalue weighted by molar-refractivity contribution is 0.146. The van der Waals surface area contributed by atoms with Gasteiger partial charge in [0.1, 0.15) is 6.04 Å². The number of ether oxygens (including phenoxy) is 2. The molecule has 3 heterocycles. The number of likely N-dealkylation sites (tertiary alicyclic amines) is 1. The van der Waals surface area contributed by atoms with Gasteiger partial charge in [-0.1, -0.05) is 42.5 Å². The van der Waals surface area contributed by atoms with Gasteiger partial charge in [-0.3, -0.25) is 9.47 Å². The number of imidazole rings is 1. The summed E-state index contributed by atoms with van der Waals surface area (Å²) in [5, 5.41) is 13.2. The summed E-state index contributed by atoms with van der Waals surface area (Å²) in [6.45, 7) is 5.61. The van der Waals surface area contributed by atoms with Gasteiger partial charge >= 0.3 is 5.69 Å². The molecule has 3 aromatic carbocycles. The van der Waals surface area contributed by atoms with E-state index in [-0.39, 0.29) is 17.8 Å². The minimum absolute atomic E-state index is 0.0652. The number of nitrogens with zero attached hydrogens (tertiary/aromatic N) is 6. The van der Waals surface area contributed by atoms with Crippen molar-refractivity contribution in [1.82, 2.24) is 34.7 Å². The van der Waals surface area contributed by atoms with E-state index in [1.807, 2.05) is 57.8 Å². The number of para-hydroxylation sites is 4. The van der Waals surface area contributed by atoms with Gasteiger partial charge in [0.2, 0.25) is 0 Å². The topological polar surface area (TPSA) is 103 Å². The zero-order valence-electron chi connectivity index (χ0n) is 23.2. The second kappa shape index (κ2) is 10.6. The number of rotatable bonds is 7. The second-order valence-electron chi connectivity index (χ2n) is 10.3. The molecule has 0 aliphatic carbocycles. The number of aryl methyl sites for hydroxylation is 2. The standard InChI is InChI=1S/C30H33N7O3/c1-19-9-7-10-20(2)26(19)37-29(32-33-34-37)27(22-11-8-14-25(39-3)28(22)40-4)35-17-15-21(16-18-35)36-24-13-6-5-12-23(24)31-30(36)38/h5-14,21,27H,15-18H2,1-4H3,(H,31,38). The predicted octanol–water partition coefficient (Wildman–Crippen LogP) is 4.37. The molecule has 1 atom stereocenters. The highest BCUT2D eigenvalue weighted by Crippen LogP contribution is 2.42. The van der Waals surface area contributed by atoms with Crippen LogP contribution in [0.4, 0.5) is 0 Å². The van der Waals surface area contributed by atoms with Crippen molar-refractivity contribution in [2.24, 2.45) is 0 Å². The van der Waals surface area contributed by atoms with Gasteiger partial charge in [-0.05, 0) is 66.4 Å². The van der Waals surface area contributed by atoms with Crippen molar-refractivity contribution in [3.63, 3.8) is 0 Å². The summed E-state index contributed by atoms with van der Waals surface area (Å²) in [6.07, 6.45) is 1.60. The van der Waals surface area contributed by atoms with Gasteiger partial charge in [-0.2, -0.15) is 4.68 Å². The van der Waals surface area contributed by atoms with E-state index in [1.165, 1.54) is 0 Å². The van der Waals surface area contributed by atoms with Crippen LogP contribution in [0.3, 0.4) is 0 Å². The van der Waals surface area contributed by atoms with Crippen LogP contribution in [-0.2, 0) is 0 Å². The van der Waals surface area contributed by atoms with Crippen molar-refractivity contribution in [2.45, 2.75) is 38.8 Å². The normalized spacial score (nSPS) is 15.4. The van der Waals surface area contributed by atoms with E-state index in [4.69, 9.17) is 9.47 Å². The fraction of sp³-hybridized carbons (Fsp3) is 0.333. The van der Waals surface area contributed by atoms with Crippen molar-refractivity contribution in [3.05, 3.63) is 93.7 Å². The number of hydrogen-bond donors (Lipinski definition) is 1. The summed E-state index contributed by atoms with van der Waals surface area (Å²) in [7, 11) is 3.30. The van der Waals surface area contributed by atoms with Crippen LogP contribution in [-0.4, -0.2) is 62.0 Å². The van der Waals surface area contributed by atoms with Crippen LogP contribution >= 0.6 is 0 Å². The van der Waals surface area contributed by atoms with Crippen molar-refractivity contribution < 1.29 is 9.47 Å². The maximum absolute atomic E-state index is 12.9. The summed E-state index contributed by atoms with van der Waals surface area (Å²) in [5.74, 6) is 2.00. The molecule has 1 unspecified atom stereocenters. The number of piperidine rings is 1. The van der Waals surface area contributed by atoms with Gasteiger partial charge < -0.3 is 14.5 Å². The number of H-pyrrole nitrogens is 1. The number of tetrazole rings is 1. The first-order valence-corrected chi connectivity index (χ1v) is 13.5. The molecule has 6 rings (SSSR count). The Morgan fingerprint density at radius 1 is 0.925 bits per heavy atom. The van der Waals surface area contributed by atoms with Gasteiger partial charge in [0.15, 0.2) is 17.3 Å². The highest BCUT2D eigenvalue weighted by atomic mass is 16.5. The van der Waals surface area contributed by atoms with Crippen LogP contribution in [0.5, 0.6) is 11.5 Å². The number of aromatic nitrogens is 6. The van der Waals surface area contributed by atoms with Crippen LogP contribution in [0.2, 0.25) is 0 Å². The molecule has 0 bridgehead atoms. The van der Waals surface area contributed by atoms with Crippen molar-refractivity contribution in [2.75, 3.05) is 27.3 Å². The number of hydrogen-bond acceptors (Lipinski definition) is 7. The fourth-order valence-electron chi connectivity index (χ4n) is 6.13. The molecule has 1 fully saturated rings. The fourth-order valence-corrected chi connectivity index (χ4v) is 6.13. The molecule has 0 radical (unpaired) electrons. The van der Waals surface area contributed by atoms with E-state index in [1.54, 1.807) is 14.2 Å². The van der Waals surface area contributed by atoms with E-state index >= 15 is 0 Å². The Labute approximate surface area is 232 Å². The van der Waals surface area contributed by atoms with Gasteiger partial charge in [0.25, 0.3) is 0 Å². The Balaban J connectivity index is 1.42. The molecule has 10 heteroatoms. The molecule has 2 aromatic heterocycles. The lowest BCUT2D eigenvalue weighted by Gasteiger charge is -2.38. The summed E-state index contributed by atoms with van der Waals surface area (Å²) < 4.78 is 15.3. The second-order valence-corrected chi connectivity index (χ2v) is 10.3. The Morgan fingerprint density at radius 3 is 2.38 bits per heavy atom. The lowest BCUT2D eigenvalue weighted by Crippen LogP contribution is -2.40. The molecule has 1 aliphatic heterocycles. The van der Waals surface area contributed by atoms with Crippen LogP contribution in [0.1, 0.15) is 47.4 Å². The highest BCUT2D eigenvalue weighted by molar-refractivity contribution is 5.75. The molecule has 0 spiro atoms. The number of benzene rings is 3. The molecule has 0 amide bonds. The average Bonchev–Trinajstić information content (AvgIpc) is 3.57. The van der Waals surface area contributed by atoms with Gasteiger partial charge in [-0.25, -0.2) is 4.79 Å². The highest BCUT2D eigenvalue weighted by Gasteiger charge is 2.35.